The van der Waals surface area contributed by atoms with Crippen molar-refractivity contribution in [3.63, 3.8) is 0 Å². The predicted molar refractivity (Wildman–Crippen MR) is 269 cm³/mol. The van der Waals surface area contributed by atoms with Gasteiger partial charge in [0.25, 0.3) is 0 Å². The molecule has 56 heavy (non-hydrogen) atoms. The zero-order chi connectivity index (χ0) is 40.4. The number of rotatable bonds is 46. The quantitative estimate of drug-likeness (QED) is 0.0364. The monoisotopic (exact) mass is 871 g/mol. The Morgan fingerprint density at radius 2 is 0.518 bits per heavy atom. The third-order valence-corrected chi connectivity index (χ3v) is 18.3. The first-order valence-corrected chi connectivity index (χ1v) is 29.5. The Kier molecular flexibility index (Phi) is 43.2. The third-order valence-electron chi connectivity index (χ3n) is 12.3. The van der Waals surface area contributed by atoms with E-state index in [9.17, 15) is 0 Å². The Bertz CT molecular complexity index is 880. The SMILES string of the molecule is CCCCCCCCCCCCC(CCCCCCCCCC)CSc1sc(=S)sc1SCC(CCCCCCCCCC)CCCCCCCCCCCC. The largest absolute Gasteiger partial charge is 0.145 e. The Balaban J connectivity index is 2.64. The summed E-state index contributed by atoms with van der Waals surface area (Å²) in [5.41, 5.74) is 0. The maximum absolute atomic E-state index is 5.86. The highest BCUT2D eigenvalue weighted by Crippen LogP contribution is 2.43. The van der Waals surface area contributed by atoms with E-state index in [4.69, 9.17) is 12.2 Å². The van der Waals surface area contributed by atoms with Crippen LogP contribution in [-0.2, 0) is 0 Å². The summed E-state index contributed by atoms with van der Waals surface area (Å²) < 4.78 is 4.29. The fourth-order valence-electron chi connectivity index (χ4n) is 8.42. The summed E-state index contributed by atoms with van der Waals surface area (Å²) in [4.78, 5) is 0. The average Bonchev–Trinajstić information content (AvgIpc) is 3.57. The van der Waals surface area contributed by atoms with Gasteiger partial charge >= 0.3 is 0 Å². The van der Waals surface area contributed by atoms with Crippen LogP contribution in [0.4, 0.5) is 0 Å². The molecule has 2 unspecified atom stereocenters. The number of thioether (sulfide) groups is 2. The molecule has 0 saturated heterocycles. The molecular formula is C51H98S5. The molecule has 0 amide bonds. The summed E-state index contributed by atoms with van der Waals surface area (Å²) in [6.07, 6.45) is 57.6. The zero-order valence-corrected chi connectivity index (χ0v) is 42.5. The highest BCUT2D eigenvalue weighted by atomic mass is 32.2. The van der Waals surface area contributed by atoms with Crippen LogP contribution in [0.2, 0.25) is 0 Å². The van der Waals surface area contributed by atoms with Crippen molar-refractivity contribution in [1.82, 2.24) is 0 Å². The van der Waals surface area contributed by atoms with Gasteiger partial charge in [0.1, 0.15) is 3.14 Å². The van der Waals surface area contributed by atoms with E-state index in [-0.39, 0.29) is 0 Å². The van der Waals surface area contributed by atoms with Gasteiger partial charge in [0.05, 0.1) is 8.42 Å². The average molecular weight is 872 g/mol. The normalized spacial score (nSPS) is 12.9. The zero-order valence-electron chi connectivity index (χ0n) is 38.4. The molecule has 2 atom stereocenters. The van der Waals surface area contributed by atoms with Gasteiger partial charge in [0, 0.05) is 11.5 Å². The summed E-state index contributed by atoms with van der Waals surface area (Å²) >= 11 is 14.1. The second-order valence-corrected chi connectivity index (χ2v) is 23.7. The highest BCUT2D eigenvalue weighted by Gasteiger charge is 2.17. The first-order chi connectivity index (χ1) is 27.6. The van der Waals surface area contributed by atoms with Crippen LogP contribution in [0, 0.1) is 15.0 Å². The number of unbranched alkanes of at least 4 members (excludes halogenated alkanes) is 32. The maximum Gasteiger partial charge on any atom is 0.145 e. The number of hydrogen-bond donors (Lipinski definition) is 0. The summed E-state index contributed by atoms with van der Waals surface area (Å²) in [5.74, 6) is 4.37. The molecule has 332 valence electrons. The molecule has 0 bridgehead atoms. The molecule has 5 heteroatoms. The van der Waals surface area contributed by atoms with Crippen LogP contribution in [0.15, 0.2) is 8.42 Å². The molecule has 0 saturated carbocycles. The number of hydrogen-bond acceptors (Lipinski definition) is 5. The Labute approximate surface area is 375 Å². The lowest BCUT2D eigenvalue weighted by Gasteiger charge is -2.18. The van der Waals surface area contributed by atoms with E-state index in [2.05, 4.69) is 51.2 Å². The molecule has 0 spiro atoms. The van der Waals surface area contributed by atoms with Gasteiger partial charge in [0.15, 0.2) is 0 Å². The molecule has 0 aromatic carbocycles. The van der Waals surface area contributed by atoms with Crippen molar-refractivity contribution in [2.24, 2.45) is 11.8 Å². The standard InChI is InChI=1S/C51H98S5/c1-5-9-13-17-21-25-27-31-35-39-43-47(41-37-33-29-23-19-15-11-7-3)45-53-49-50(56-51(52)55-49)54-46-48(42-38-34-30-24-20-16-12-8-4)44-40-36-32-28-26-22-18-14-10-6-2/h47-48H,5-46H2,1-4H3. The second kappa shape index (κ2) is 44.0. The van der Waals surface area contributed by atoms with Crippen LogP contribution in [0.5, 0.6) is 0 Å². The van der Waals surface area contributed by atoms with E-state index in [1.807, 2.05) is 22.7 Å². The summed E-state index contributed by atoms with van der Waals surface area (Å²) in [7, 11) is 0. The predicted octanol–water partition coefficient (Wildman–Crippen LogP) is 21.6. The molecule has 0 aliphatic carbocycles. The van der Waals surface area contributed by atoms with E-state index in [1.54, 1.807) is 8.42 Å². The molecule has 0 nitrogen and oxygen atoms in total. The minimum atomic E-state index is 0.874. The van der Waals surface area contributed by atoms with Gasteiger partial charge in [-0.25, -0.2) is 0 Å². The van der Waals surface area contributed by atoms with Crippen molar-refractivity contribution in [2.45, 2.75) is 293 Å². The minimum absolute atomic E-state index is 0.874. The maximum atomic E-state index is 5.86. The van der Waals surface area contributed by atoms with Gasteiger partial charge in [0.2, 0.25) is 0 Å². The van der Waals surface area contributed by atoms with Crippen molar-refractivity contribution in [3.8, 4) is 0 Å². The molecule has 0 N–H and O–H groups in total. The van der Waals surface area contributed by atoms with Gasteiger partial charge in [-0.1, -0.05) is 271 Å². The summed E-state index contributed by atoms with van der Waals surface area (Å²) in [6, 6.07) is 0. The third kappa shape index (κ3) is 35.7. The van der Waals surface area contributed by atoms with Crippen LogP contribution in [-0.4, -0.2) is 11.5 Å². The van der Waals surface area contributed by atoms with Gasteiger partial charge in [-0.3, -0.25) is 0 Å². The lowest BCUT2D eigenvalue weighted by Crippen LogP contribution is -2.05. The molecule has 1 aromatic rings. The Hall–Kier alpha value is 0.970. The van der Waals surface area contributed by atoms with Gasteiger partial charge in [-0.15, -0.1) is 46.2 Å². The first kappa shape index (κ1) is 55.0. The topological polar surface area (TPSA) is 0 Å². The molecule has 0 aliphatic rings. The molecule has 0 radical (unpaired) electrons. The van der Waals surface area contributed by atoms with Crippen molar-refractivity contribution < 1.29 is 0 Å². The van der Waals surface area contributed by atoms with Crippen molar-refractivity contribution >= 4 is 58.4 Å². The van der Waals surface area contributed by atoms with E-state index in [1.165, 1.54) is 268 Å². The fraction of sp³-hybridized carbons (Fsp3) is 0.941. The van der Waals surface area contributed by atoms with Crippen LogP contribution < -0.4 is 0 Å². The molecule has 1 heterocycles. The first-order valence-electron chi connectivity index (χ1n) is 25.5. The van der Waals surface area contributed by atoms with Gasteiger partial charge in [-0.2, -0.15) is 0 Å². The molecule has 1 aromatic heterocycles. The van der Waals surface area contributed by atoms with Crippen molar-refractivity contribution in [1.29, 1.82) is 0 Å². The minimum Gasteiger partial charge on any atom is -0.113 e. The lowest BCUT2D eigenvalue weighted by molar-refractivity contribution is 0.435. The highest BCUT2D eigenvalue weighted by molar-refractivity contribution is 8.05. The fourth-order valence-corrected chi connectivity index (χ4v) is 14.9. The van der Waals surface area contributed by atoms with Crippen molar-refractivity contribution in [3.05, 3.63) is 3.14 Å². The summed E-state index contributed by atoms with van der Waals surface area (Å²) in [5, 5.41) is 0. The van der Waals surface area contributed by atoms with Gasteiger partial charge in [-0.05, 0) is 37.5 Å². The molecular weight excluding hydrogens is 773 g/mol. The van der Waals surface area contributed by atoms with E-state index < -0.39 is 0 Å². The van der Waals surface area contributed by atoms with Crippen molar-refractivity contribution in [2.75, 3.05) is 11.5 Å². The molecule has 0 fully saturated rings. The van der Waals surface area contributed by atoms with Crippen LogP contribution in [0.25, 0.3) is 0 Å². The van der Waals surface area contributed by atoms with Gasteiger partial charge < -0.3 is 0 Å². The Morgan fingerprint density at radius 3 is 0.732 bits per heavy atom. The van der Waals surface area contributed by atoms with E-state index >= 15 is 0 Å². The summed E-state index contributed by atoms with van der Waals surface area (Å²) in [6.45, 7) is 9.31. The second-order valence-electron chi connectivity index (χ2n) is 17.9. The van der Waals surface area contributed by atoms with Crippen LogP contribution in [0.3, 0.4) is 0 Å². The van der Waals surface area contributed by atoms with E-state index in [0.29, 0.717) is 0 Å². The van der Waals surface area contributed by atoms with Crippen LogP contribution in [0.1, 0.15) is 285 Å². The lowest BCUT2D eigenvalue weighted by atomic mass is 9.95. The van der Waals surface area contributed by atoms with E-state index in [0.717, 1.165) is 15.0 Å². The smallest absolute Gasteiger partial charge is 0.113 e. The van der Waals surface area contributed by atoms with Crippen LogP contribution >= 0.6 is 58.4 Å². The Morgan fingerprint density at radius 1 is 0.321 bits per heavy atom. The molecule has 1 rings (SSSR count). The molecule has 0 aliphatic heterocycles.